The van der Waals surface area contributed by atoms with Crippen LogP contribution in [0.15, 0.2) is 18.2 Å². The van der Waals surface area contributed by atoms with E-state index in [1.807, 2.05) is 11.0 Å². The third kappa shape index (κ3) is 3.89. The minimum absolute atomic E-state index is 0.101. The molecule has 1 N–H and O–H groups in total. The van der Waals surface area contributed by atoms with E-state index >= 15 is 0 Å². The highest BCUT2D eigenvalue weighted by atomic mass is 16.5. The second-order valence-corrected chi connectivity index (χ2v) is 6.91. The summed E-state index contributed by atoms with van der Waals surface area (Å²) in [5.74, 6) is 1.75. The molecule has 1 heterocycles. The van der Waals surface area contributed by atoms with E-state index in [0.29, 0.717) is 25.4 Å². The Kier molecular flexibility index (Phi) is 5.07. The van der Waals surface area contributed by atoms with Gasteiger partial charge in [0.1, 0.15) is 5.75 Å². The highest BCUT2D eigenvalue weighted by Crippen LogP contribution is 2.37. The molecule has 0 bridgehead atoms. The molecule has 5 nitrogen and oxygen atoms in total. The molecule has 0 radical (unpaired) electrons. The van der Waals surface area contributed by atoms with Gasteiger partial charge in [-0.05, 0) is 48.4 Å². The Labute approximate surface area is 143 Å². The molecule has 1 fully saturated rings. The molecular weight excluding hydrogens is 304 g/mol. The lowest BCUT2D eigenvalue weighted by atomic mass is 10.0. The van der Waals surface area contributed by atoms with Crippen LogP contribution in [0.1, 0.15) is 37.3 Å². The summed E-state index contributed by atoms with van der Waals surface area (Å²) in [6.45, 7) is 3.93. The van der Waals surface area contributed by atoms with Gasteiger partial charge in [-0.15, -0.1) is 0 Å². The molecule has 0 spiro atoms. The standard InChI is InChI=1S/C19H26N2O3/c1-13-10-17(13)19(23)20-8-7-18(22)21-9-3-4-14-11-16(24-2)6-5-15(14)12-21/h5-6,11,13,17H,3-4,7-10,12H2,1-2H3,(H,20,23). The zero-order chi connectivity index (χ0) is 17.1. The van der Waals surface area contributed by atoms with Crippen LogP contribution >= 0.6 is 0 Å². The molecule has 24 heavy (non-hydrogen) atoms. The van der Waals surface area contributed by atoms with Crippen LogP contribution in [0, 0.1) is 11.8 Å². The number of benzene rings is 1. The normalized spacial score (nSPS) is 22.3. The molecule has 0 aromatic heterocycles. The van der Waals surface area contributed by atoms with Crippen LogP contribution < -0.4 is 10.1 Å². The van der Waals surface area contributed by atoms with E-state index in [0.717, 1.165) is 31.6 Å². The number of carbonyl (C=O) groups is 2. The summed E-state index contributed by atoms with van der Waals surface area (Å²) in [4.78, 5) is 26.2. The van der Waals surface area contributed by atoms with Gasteiger partial charge in [0, 0.05) is 32.0 Å². The fourth-order valence-electron chi connectivity index (χ4n) is 3.34. The van der Waals surface area contributed by atoms with E-state index in [9.17, 15) is 9.59 Å². The number of hydrogen-bond donors (Lipinski definition) is 1. The summed E-state index contributed by atoms with van der Waals surface area (Å²) in [6, 6.07) is 6.07. The molecule has 1 aliphatic heterocycles. The Hall–Kier alpha value is -2.04. The molecule has 1 aliphatic carbocycles. The Morgan fingerprint density at radius 3 is 2.83 bits per heavy atom. The first-order chi connectivity index (χ1) is 11.6. The second-order valence-electron chi connectivity index (χ2n) is 6.91. The summed E-state index contributed by atoms with van der Waals surface area (Å²) in [5.41, 5.74) is 2.46. The maximum atomic E-state index is 12.5. The van der Waals surface area contributed by atoms with Crippen molar-refractivity contribution in [2.75, 3.05) is 20.2 Å². The molecule has 2 unspecified atom stereocenters. The molecule has 2 amide bonds. The smallest absolute Gasteiger partial charge is 0.224 e. The predicted molar refractivity (Wildman–Crippen MR) is 91.6 cm³/mol. The van der Waals surface area contributed by atoms with Crippen LogP contribution in [0.5, 0.6) is 5.75 Å². The van der Waals surface area contributed by atoms with Gasteiger partial charge in [0.05, 0.1) is 7.11 Å². The average molecular weight is 330 g/mol. The quantitative estimate of drug-likeness (QED) is 0.900. The van der Waals surface area contributed by atoms with Gasteiger partial charge >= 0.3 is 0 Å². The van der Waals surface area contributed by atoms with Crippen LogP contribution in [0.4, 0.5) is 0 Å². The number of nitrogens with zero attached hydrogens (tertiary/aromatic N) is 1. The zero-order valence-electron chi connectivity index (χ0n) is 14.5. The second kappa shape index (κ2) is 7.24. The minimum Gasteiger partial charge on any atom is -0.497 e. The molecule has 2 aliphatic rings. The highest BCUT2D eigenvalue weighted by molar-refractivity contribution is 5.82. The van der Waals surface area contributed by atoms with Crippen molar-refractivity contribution in [2.24, 2.45) is 11.8 Å². The molecule has 3 rings (SSSR count). The van der Waals surface area contributed by atoms with Crippen molar-refractivity contribution >= 4 is 11.8 Å². The van der Waals surface area contributed by atoms with Crippen molar-refractivity contribution in [1.82, 2.24) is 10.2 Å². The lowest BCUT2D eigenvalue weighted by molar-refractivity contribution is -0.131. The SMILES string of the molecule is COc1ccc2c(c1)CCCN(C(=O)CCNC(=O)C1CC1C)C2. The van der Waals surface area contributed by atoms with Gasteiger partial charge in [0.15, 0.2) is 0 Å². The zero-order valence-corrected chi connectivity index (χ0v) is 14.5. The van der Waals surface area contributed by atoms with E-state index in [1.165, 1.54) is 11.1 Å². The van der Waals surface area contributed by atoms with Crippen molar-refractivity contribution in [3.05, 3.63) is 29.3 Å². The van der Waals surface area contributed by atoms with Crippen LogP contribution in [-0.4, -0.2) is 36.9 Å². The largest absolute Gasteiger partial charge is 0.497 e. The van der Waals surface area contributed by atoms with E-state index < -0.39 is 0 Å². The number of fused-ring (bicyclic) bond motifs is 1. The number of amides is 2. The predicted octanol–water partition coefficient (Wildman–Crippen LogP) is 2.13. The number of carbonyl (C=O) groups excluding carboxylic acids is 2. The van der Waals surface area contributed by atoms with E-state index in [1.54, 1.807) is 7.11 Å². The molecule has 0 saturated heterocycles. The van der Waals surface area contributed by atoms with Crippen molar-refractivity contribution in [2.45, 2.75) is 39.2 Å². The first kappa shape index (κ1) is 16.8. The molecule has 1 aromatic carbocycles. The maximum absolute atomic E-state index is 12.5. The van der Waals surface area contributed by atoms with E-state index in [2.05, 4.69) is 24.4 Å². The van der Waals surface area contributed by atoms with Crippen molar-refractivity contribution in [1.29, 1.82) is 0 Å². The summed E-state index contributed by atoms with van der Waals surface area (Å²) in [6.07, 6.45) is 3.27. The third-order valence-corrected chi connectivity index (χ3v) is 5.09. The summed E-state index contributed by atoms with van der Waals surface area (Å²) in [5, 5.41) is 2.89. The Balaban J connectivity index is 1.52. The topological polar surface area (TPSA) is 58.6 Å². The van der Waals surface area contributed by atoms with Gasteiger partial charge in [0.25, 0.3) is 0 Å². The van der Waals surface area contributed by atoms with Gasteiger partial charge in [-0.25, -0.2) is 0 Å². The lowest BCUT2D eigenvalue weighted by Crippen LogP contribution is -2.34. The van der Waals surface area contributed by atoms with Crippen LogP contribution in [0.2, 0.25) is 0 Å². The van der Waals surface area contributed by atoms with Gasteiger partial charge in [0.2, 0.25) is 11.8 Å². The molecular formula is C19H26N2O3. The van der Waals surface area contributed by atoms with Gasteiger partial charge in [-0.1, -0.05) is 13.0 Å². The van der Waals surface area contributed by atoms with Gasteiger partial charge in [-0.3, -0.25) is 9.59 Å². The molecule has 130 valence electrons. The fourth-order valence-corrected chi connectivity index (χ4v) is 3.34. The molecule has 1 aromatic rings. The van der Waals surface area contributed by atoms with Crippen LogP contribution in [-0.2, 0) is 22.6 Å². The van der Waals surface area contributed by atoms with E-state index in [4.69, 9.17) is 4.74 Å². The van der Waals surface area contributed by atoms with Gasteiger partial charge in [-0.2, -0.15) is 0 Å². The Morgan fingerprint density at radius 2 is 2.12 bits per heavy atom. The number of ether oxygens (including phenoxy) is 1. The monoisotopic (exact) mass is 330 g/mol. The maximum Gasteiger partial charge on any atom is 0.224 e. The highest BCUT2D eigenvalue weighted by Gasteiger charge is 2.38. The number of rotatable bonds is 5. The minimum atomic E-state index is 0.101. The molecule has 2 atom stereocenters. The summed E-state index contributed by atoms with van der Waals surface area (Å²) >= 11 is 0. The number of aryl methyl sites for hydroxylation is 1. The van der Waals surface area contributed by atoms with Crippen molar-refractivity contribution in [3.63, 3.8) is 0 Å². The van der Waals surface area contributed by atoms with Crippen LogP contribution in [0.3, 0.4) is 0 Å². The number of hydrogen-bond acceptors (Lipinski definition) is 3. The van der Waals surface area contributed by atoms with E-state index in [-0.39, 0.29) is 17.7 Å². The van der Waals surface area contributed by atoms with Crippen molar-refractivity contribution in [3.8, 4) is 5.75 Å². The van der Waals surface area contributed by atoms with Crippen LogP contribution in [0.25, 0.3) is 0 Å². The fraction of sp³-hybridized carbons (Fsp3) is 0.579. The van der Waals surface area contributed by atoms with Crippen molar-refractivity contribution < 1.29 is 14.3 Å². The number of nitrogens with one attached hydrogen (secondary N) is 1. The lowest BCUT2D eigenvalue weighted by Gasteiger charge is -2.21. The summed E-state index contributed by atoms with van der Waals surface area (Å²) in [7, 11) is 1.67. The third-order valence-electron chi connectivity index (χ3n) is 5.09. The summed E-state index contributed by atoms with van der Waals surface area (Å²) < 4.78 is 5.28. The molecule has 5 heteroatoms. The number of methoxy groups -OCH3 is 1. The Bertz CT molecular complexity index is 629. The first-order valence-electron chi connectivity index (χ1n) is 8.79. The Morgan fingerprint density at radius 1 is 1.33 bits per heavy atom. The average Bonchev–Trinajstić information content (AvgIpc) is 3.34. The van der Waals surface area contributed by atoms with Gasteiger partial charge < -0.3 is 15.0 Å². The molecule has 1 saturated carbocycles. The first-order valence-corrected chi connectivity index (χ1v) is 8.79.